The van der Waals surface area contributed by atoms with Crippen molar-refractivity contribution in [2.45, 2.75) is 38.5 Å². The summed E-state index contributed by atoms with van der Waals surface area (Å²) in [5.74, 6) is 2.19. The van der Waals surface area contributed by atoms with Crippen LogP contribution in [0.25, 0.3) is 0 Å². The first-order valence-corrected chi connectivity index (χ1v) is 11.0. The fraction of sp³-hybridized carbons (Fsp3) is 0.435. The zero-order valence-corrected chi connectivity index (χ0v) is 17.8. The number of carbonyl (C=O) groups excluding carboxylic acids is 1. The molecule has 5 heteroatoms. The fourth-order valence-corrected chi connectivity index (χ4v) is 4.28. The smallest absolute Gasteiger partial charge is 0.234 e. The number of nitrogens with zero attached hydrogens (tertiary/aromatic N) is 1. The quantitative estimate of drug-likeness (QED) is 0.737. The maximum Gasteiger partial charge on any atom is 0.234 e. The van der Waals surface area contributed by atoms with Gasteiger partial charge in [0.15, 0.2) is 0 Å². The lowest BCUT2D eigenvalue weighted by atomic mass is 10.1. The Kier molecular flexibility index (Phi) is 7.40. The van der Waals surface area contributed by atoms with Gasteiger partial charge in [-0.05, 0) is 63.6 Å². The van der Waals surface area contributed by atoms with Crippen LogP contribution in [0, 0.1) is 13.8 Å². The summed E-state index contributed by atoms with van der Waals surface area (Å²) in [6.45, 7) is 6.37. The number of aryl methyl sites for hydroxylation is 2. The Bertz CT molecular complexity index is 763. The molecule has 3 rings (SSSR count). The lowest BCUT2D eigenvalue weighted by Crippen LogP contribution is -2.35. The Morgan fingerprint density at radius 3 is 2.39 bits per heavy atom. The summed E-state index contributed by atoms with van der Waals surface area (Å²) in [5, 5.41) is 2.97. The van der Waals surface area contributed by atoms with Gasteiger partial charge in [-0.1, -0.05) is 29.3 Å². The number of rotatable bonds is 7. The Balaban J connectivity index is 1.41. The van der Waals surface area contributed by atoms with Crippen LogP contribution in [0.15, 0.2) is 42.5 Å². The minimum absolute atomic E-state index is 0.0263. The van der Waals surface area contributed by atoms with Crippen LogP contribution in [0.1, 0.15) is 29.5 Å². The topological polar surface area (TPSA) is 41.6 Å². The molecule has 2 aromatic carbocycles. The Labute approximate surface area is 172 Å². The van der Waals surface area contributed by atoms with E-state index in [0.29, 0.717) is 11.9 Å². The SMILES string of the molecule is Cc1cc(C)cc(CSCC(=O)Nc2ccc(OC3CCN(C)CC3)cc2)c1. The van der Waals surface area contributed by atoms with Crippen LogP contribution < -0.4 is 10.1 Å². The summed E-state index contributed by atoms with van der Waals surface area (Å²) in [4.78, 5) is 14.5. The molecular formula is C23H30N2O2S. The molecule has 0 radical (unpaired) electrons. The van der Waals surface area contributed by atoms with E-state index < -0.39 is 0 Å². The van der Waals surface area contributed by atoms with E-state index in [9.17, 15) is 4.79 Å². The Morgan fingerprint density at radius 2 is 1.75 bits per heavy atom. The van der Waals surface area contributed by atoms with Gasteiger partial charge in [0.1, 0.15) is 11.9 Å². The molecule has 1 aliphatic rings. The van der Waals surface area contributed by atoms with E-state index in [-0.39, 0.29) is 5.91 Å². The van der Waals surface area contributed by atoms with Gasteiger partial charge in [-0.2, -0.15) is 0 Å². The first kappa shape index (κ1) is 20.7. The van der Waals surface area contributed by atoms with E-state index in [0.717, 1.165) is 43.1 Å². The molecule has 150 valence electrons. The van der Waals surface area contributed by atoms with Crippen LogP contribution in [0.4, 0.5) is 5.69 Å². The number of ether oxygens (including phenoxy) is 1. The fourth-order valence-electron chi connectivity index (χ4n) is 3.52. The minimum Gasteiger partial charge on any atom is -0.490 e. The lowest BCUT2D eigenvalue weighted by molar-refractivity contribution is -0.113. The molecule has 0 bridgehead atoms. The Hall–Kier alpha value is -1.98. The second-order valence-electron chi connectivity index (χ2n) is 7.68. The predicted molar refractivity (Wildman–Crippen MR) is 118 cm³/mol. The summed E-state index contributed by atoms with van der Waals surface area (Å²) in [7, 11) is 2.15. The predicted octanol–water partition coefficient (Wildman–Crippen LogP) is 4.65. The van der Waals surface area contributed by atoms with Crippen molar-refractivity contribution in [3.8, 4) is 5.75 Å². The van der Waals surface area contributed by atoms with Crippen LogP contribution in [0.3, 0.4) is 0 Å². The van der Waals surface area contributed by atoms with E-state index in [1.165, 1.54) is 16.7 Å². The number of anilines is 1. The van der Waals surface area contributed by atoms with Gasteiger partial charge in [-0.3, -0.25) is 4.79 Å². The van der Waals surface area contributed by atoms with E-state index in [1.54, 1.807) is 11.8 Å². The minimum atomic E-state index is 0.0263. The number of amides is 1. The van der Waals surface area contributed by atoms with Crippen molar-refractivity contribution in [3.05, 3.63) is 59.2 Å². The first-order valence-electron chi connectivity index (χ1n) is 9.88. The highest BCUT2D eigenvalue weighted by Crippen LogP contribution is 2.21. The van der Waals surface area contributed by atoms with Crippen LogP contribution in [-0.2, 0) is 10.5 Å². The molecule has 0 saturated carbocycles. The summed E-state index contributed by atoms with van der Waals surface area (Å²) < 4.78 is 6.05. The summed E-state index contributed by atoms with van der Waals surface area (Å²) in [6.07, 6.45) is 2.41. The molecule has 0 unspecified atom stereocenters. The number of thioether (sulfide) groups is 1. The average molecular weight is 399 g/mol. The molecule has 0 aliphatic carbocycles. The van der Waals surface area contributed by atoms with Gasteiger partial charge < -0.3 is 15.0 Å². The highest BCUT2D eigenvalue weighted by Gasteiger charge is 2.17. The van der Waals surface area contributed by atoms with Crippen LogP contribution >= 0.6 is 11.8 Å². The maximum atomic E-state index is 12.2. The maximum absolute atomic E-state index is 12.2. The molecule has 1 fully saturated rings. The van der Waals surface area contributed by atoms with E-state index >= 15 is 0 Å². The molecule has 2 aromatic rings. The number of carbonyl (C=O) groups is 1. The van der Waals surface area contributed by atoms with Crippen molar-refractivity contribution in [1.82, 2.24) is 4.90 Å². The van der Waals surface area contributed by atoms with Gasteiger partial charge >= 0.3 is 0 Å². The molecule has 0 atom stereocenters. The number of hydrogen-bond acceptors (Lipinski definition) is 4. The van der Waals surface area contributed by atoms with Gasteiger partial charge in [0, 0.05) is 24.5 Å². The van der Waals surface area contributed by atoms with Crippen LogP contribution in [-0.4, -0.2) is 42.8 Å². The number of benzene rings is 2. The molecule has 1 heterocycles. The Morgan fingerprint density at radius 1 is 1.11 bits per heavy atom. The zero-order valence-electron chi connectivity index (χ0n) is 17.0. The van der Waals surface area contributed by atoms with Crippen molar-refractivity contribution in [2.24, 2.45) is 0 Å². The van der Waals surface area contributed by atoms with Gasteiger partial charge in [0.2, 0.25) is 5.91 Å². The number of likely N-dealkylation sites (tertiary alicyclic amines) is 1. The molecule has 1 saturated heterocycles. The van der Waals surface area contributed by atoms with Crippen molar-refractivity contribution in [2.75, 3.05) is 31.2 Å². The molecule has 1 N–H and O–H groups in total. The standard InChI is InChI=1S/C23H30N2O2S/c1-17-12-18(2)14-19(13-17)15-28-16-23(26)24-20-4-6-21(7-5-20)27-22-8-10-25(3)11-9-22/h4-7,12-14,22H,8-11,15-16H2,1-3H3,(H,24,26). The zero-order chi connectivity index (χ0) is 19.9. The second kappa shape index (κ2) is 9.99. The van der Waals surface area contributed by atoms with E-state index in [1.807, 2.05) is 24.3 Å². The van der Waals surface area contributed by atoms with E-state index in [2.05, 4.69) is 49.3 Å². The molecule has 0 spiro atoms. The van der Waals surface area contributed by atoms with Crippen LogP contribution in [0.5, 0.6) is 5.75 Å². The van der Waals surface area contributed by atoms with Gasteiger partial charge in [0.05, 0.1) is 5.75 Å². The number of nitrogens with one attached hydrogen (secondary N) is 1. The molecule has 0 aromatic heterocycles. The monoisotopic (exact) mass is 398 g/mol. The summed E-state index contributed by atoms with van der Waals surface area (Å²) >= 11 is 1.64. The molecule has 1 amide bonds. The van der Waals surface area contributed by atoms with Crippen molar-refractivity contribution >= 4 is 23.4 Å². The van der Waals surface area contributed by atoms with Crippen LogP contribution in [0.2, 0.25) is 0 Å². The highest BCUT2D eigenvalue weighted by atomic mass is 32.2. The van der Waals surface area contributed by atoms with Crippen molar-refractivity contribution in [1.29, 1.82) is 0 Å². The van der Waals surface area contributed by atoms with E-state index in [4.69, 9.17) is 4.74 Å². The van der Waals surface area contributed by atoms with Crippen molar-refractivity contribution in [3.63, 3.8) is 0 Å². The largest absolute Gasteiger partial charge is 0.490 e. The normalized spacial score (nSPS) is 15.4. The summed E-state index contributed by atoms with van der Waals surface area (Å²) in [6, 6.07) is 14.2. The van der Waals surface area contributed by atoms with Gasteiger partial charge in [0.25, 0.3) is 0 Å². The first-order chi connectivity index (χ1) is 13.5. The second-order valence-corrected chi connectivity index (χ2v) is 8.67. The molecular weight excluding hydrogens is 368 g/mol. The average Bonchev–Trinajstić information content (AvgIpc) is 2.64. The molecule has 1 aliphatic heterocycles. The molecule has 4 nitrogen and oxygen atoms in total. The lowest BCUT2D eigenvalue weighted by Gasteiger charge is -2.29. The number of hydrogen-bond donors (Lipinski definition) is 1. The number of piperidine rings is 1. The third kappa shape index (κ3) is 6.57. The third-order valence-electron chi connectivity index (χ3n) is 4.89. The molecule has 28 heavy (non-hydrogen) atoms. The highest BCUT2D eigenvalue weighted by molar-refractivity contribution is 7.99. The van der Waals surface area contributed by atoms with Crippen molar-refractivity contribution < 1.29 is 9.53 Å². The van der Waals surface area contributed by atoms with Gasteiger partial charge in [-0.15, -0.1) is 11.8 Å². The third-order valence-corrected chi connectivity index (χ3v) is 5.89. The summed E-state index contributed by atoms with van der Waals surface area (Å²) in [5.41, 5.74) is 4.61. The van der Waals surface area contributed by atoms with Gasteiger partial charge in [-0.25, -0.2) is 0 Å².